The van der Waals surface area contributed by atoms with Crippen LogP contribution in [0, 0.1) is 0 Å². The van der Waals surface area contributed by atoms with Crippen molar-refractivity contribution in [1.82, 2.24) is 0 Å². The van der Waals surface area contributed by atoms with Crippen LogP contribution in [0.1, 0.15) is 18.6 Å². The molecule has 118 valence electrons. The summed E-state index contributed by atoms with van der Waals surface area (Å²) in [5.74, 6) is -0.251. The van der Waals surface area contributed by atoms with Crippen LogP contribution < -0.4 is 0 Å². The molecule has 2 aromatic carbocycles. The monoisotopic (exact) mass is 358 g/mol. The Kier molecular flexibility index (Phi) is 5.17. The van der Waals surface area contributed by atoms with Crippen LogP contribution in [0.4, 0.5) is 0 Å². The molecule has 0 aliphatic rings. The lowest BCUT2D eigenvalue weighted by molar-refractivity contribution is 0.181. The van der Waals surface area contributed by atoms with E-state index in [0.717, 1.165) is 11.1 Å². The van der Waals surface area contributed by atoms with Crippen LogP contribution in [-0.4, -0.2) is 22.9 Å². The van der Waals surface area contributed by atoms with Gasteiger partial charge in [-0.3, -0.25) is 0 Å². The molecule has 0 amide bonds. The molecular weight excluding hydrogens is 343 g/mol. The second kappa shape index (κ2) is 6.59. The fourth-order valence-corrected chi connectivity index (χ4v) is 3.81. The summed E-state index contributed by atoms with van der Waals surface area (Å²) in [6.45, 7) is 1.43. The Morgan fingerprint density at radius 2 is 1.50 bits per heavy atom. The van der Waals surface area contributed by atoms with Gasteiger partial charge in [0.2, 0.25) is 3.67 Å². The molecule has 0 radical (unpaired) electrons. The molecule has 2 aromatic rings. The number of halogens is 2. The SMILES string of the molecule is CCS(=O)(=O)C(Cl)(Cl)C(O)c1ccc(-c2ccccc2)cc1. The Morgan fingerprint density at radius 3 is 2.00 bits per heavy atom. The van der Waals surface area contributed by atoms with Crippen molar-refractivity contribution in [2.45, 2.75) is 16.7 Å². The molecule has 0 heterocycles. The van der Waals surface area contributed by atoms with Crippen molar-refractivity contribution in [2.24, 2.45) is 0 Å². The molecule has 0 aliphatic heterocycles. The van der Waals surface area contributed by atoms with E-state index in [1.165, 1.54) is 6.92 Å². The number of alkyl halides is 2. The van der Waals surface area contributed by atoms with Gasteiger partial charge in [-0.05, 0) is 16.7 Å². The number of rotatable bonds is 5. The van der Waals surface area contributed by atoms with Crippen molar-refractivity contribution in [3.8, 4) is 11.1 Å². The first-order chi connectivity index (χ1) is 10.3. The van der Waals surface area contributed by atoms with E-state index in [1.54, 1.807) is 24.3 Å². The zero-order chi connectivity index (χ0) is 16.4. The second-order valence-corrected chi connectivity index (χ2v) is 9.14. The van der Waals surface area contributed by atoms with Crippen molar-refractivity contribution < 1.29 is 13.5 Å². The molecule has 2 rings (SSSR count). The lowest BCUT2D eigenvalue weighted by Crippen LogP contribution is -2.34. The molecule has 0 aliphatic carbocycles. The van der Waals surface area contributed by atoms with E-state index >= 15 is 0 Å². The summed E-state index contributed by atoms with van der Waals surface area (Å²) in [7, 11) is -3.83. The Balaban J connectivity index is 2.31. The highest BCUT2D eigenvalue weighted by Crippen LogP contribution is 2.41. The number of sulfone groups is 1. The average Bonchev–Trinajstić information content (AvgIpc) is 2.55. The molecule has 1 N–H and O–H groups in total. The Labute approximate surface area is 140 Å². The first-order valence-corrected chi connectivity index (χ1v) is 9.14. The average molecular weight is 359 g/mol. The molecule has 0 fully saturated rings. The summed E-state index contributed by atoms with van der Waals surface area (Å²) in [5.41, 5.74) is 2.32. The van der Waals surface area contributed by atoms with Crippen LogP contribution in [0.3, 0.4) is 0 Å². The molecule has 0 spiro atoms. The predicted octanol–water partition coefficient (Wildman–Crippen LogP) is 3.95. The van der Waals surface area contributed by atoms with E-state index in [2.05, 4.69) is 0 Å². The van der Waals surface area contributed by atoms with Crippen LogP contribution in [0.15, 0.2) is 54.6 Å². The highest BCUT2D eigenvalue weighted by molar-refractivity contribution is 7.95. The molecule has 22 heavy (non-hydrogen) atoms. The summed E-state index contributed by atoms with van der Waals surface area (Å²) >= 11 is 11.8. The highest BCUT2D eigenvalue weighted by atomic mass is 35.5. The van der Waals surface area contributed by atoms with Crippen LogP contribution >= 0.6 is 23.2 Å². The fourth-order valence-electron chi connectivity index (χ4n) is 2.05. The maximum atomic E-state index is 11.9. The Hall–Kier alpha value is -1.07. The van der Waals surface area contributed by atoms with Crippen molar-refractivity contribution in [3.63, 3.8) is 0 Å². The smallest absolute Gasteiger partial charge is 0.247 e. The van der Waals surface area contributed by atoms with E-state index in [9.17, 15) is 13.5 Å². The molecule has 1 atom stereocenters. The summed E-state index contributed by atoms with van der Waals surface area (Å²) in [5, 5.41) is 10.2. The lowest BCUT2D eigenvalue weighted by Gasteiger charge is -2.25. The van der Waals surface area contributed by atoms with Crippen LogP contribution in [-0.2, 0) is 9.84 Å². The minimum atomic E-state index is -3.83. The molecule has 6 heteroatoms. The molecular formula is C16H16Cl2O3S. The van der Waals surface area contributed by atoms with Crippen molar-refractivity contribution >= 4 is 33.0 Å². The molecule has 0 saturated carbocycles. The topological polar surface area (TPSA) is 54.4 Å². The summed E-state index contributed by atoms with van der Waals surface area (Å²) in [6.07, 6.45) is -1.52. The molecule has 0 aromatic heterocycles. The maximum Gasteiger partial charge on any atom is 0.247 e. The fraction of sp³-hybridized carbons (Fsp3) is 0.250. The standard InChI is InChI=1S/C16H16Cl2O3S/c1-2-22(20,21)16(17,18)15(19)14-10-8-13(9-11-14)12-6-4-3-5-7-12/h3-11,15,19H,2H2,1H3. The Bertz CT molecular complexity index is 726. The van der Waals surface area contributed by atoms with E-state index in [4.69, 9.17) is 23.2 Å². The van der Waals surface area contributed by atoms with Gasteiger partial charge in [0.25, 0.3) is 0 Å². The first-order valence-electron chi connectivity index (χ1n) is 6.73. The van der Waals surface area contributed by atoms with Crippen LogP contribution in [0.5, 0.6) is 0 Å². The van der Waals surface area contributed by atoms with Gasteiger partial charge < -0.3 is 5.11 Å². The molecule has 0 saturated heterocycles. The van der Waals surface area contributed by atoms with Gasteiger partial charge in [-0.25, -0.2) is 8.42 Å². The van der Waals surface area contributed by atoms with Crippen LogP contribution in [0.2, 0.25) is 0 Å². The number of benzene rings is 2. The van der Waals surface area contributed by atoms with E-state index < -0.39 is 19.6 Å². The van der Waals surface area contributed by atoms with E-state index in [0.29, 0.717) is 5.56 Å². The van der Waals surface area contributed by atoms with Gasteiger partial charge in [0, 0.05) is 0 Å². The minimum absolute atomic E-state index is 0.251. The van der Waals surface area contributed by atoms with Gasteiger partial charge in [-0.15, -0.1) is 0 Å². The van der Waals surface area contributed by atoms with Gasteiger partial charge in [0.1, 0.15) is 6.10 Å². The normalized spacial score (nSPS) is 13.8. The third-order valence-electron chi connectivity index (χ3n) is 3.45. The maximum absolute atomic E-state index is 11.9. The quantitative estimate of drug-likeness (QED) is 0.823. The van der Waals surface area contributed by atoms with Crippen molar-refractivity contribution in [3.05, 3.63) is 60.2 Å². The number of aliphatic hydroxyl groups is 1. The minimum Gasteiger partial charge on any atom is -0.384 e. The lowest BCUT2D eigenvalue weighted by atomic mass is 10.0. The number of hydrogen-bond donors (Lipinski definition) is 1. The third kappa shape index (κ3) is 3.30. The van der Waals surface area contributed by atoms with Crippen LogP contribution in [0.25, 0.3) is 11.1 Å². The van der Waals surface area contributed by atoms with Gasteiger partial charge >= 0.3 is 0 Å². The molecule has 1 unspecified atom stereocenters. The highest BCUT2D eigenvalue weighted by Gasteiger charge is 2.46. The molecule has 0 bridgehead atoms. The van der Waals surface area contributed by atoms with Gasteiger partial charge in [-0.2, -0.15) is 0 Å². The third-order valence-corrected chi connectivity index (χ3v) is 7.08. The number of hydrogen-bond acceptors (Lipinski definition) is 3. The second-order valence-electron chi connectivity index (χ2n) is 4.86. The molecule has 3 nitrogen and oxygen atoms in total. The summed E-state index contributed by atoms with van der Waals surface area (Å²) in [6, 6.07) is 16.5. The Morgan fingerprint density at radius 1 is 1.00 bits per heavy atom. The largest absolute Gasteiger partial charge is 0.384 e. The van der Waals surface area contributed by atoms with Gasteiger partial charge in [0.15, 0.2) is 9.84 Å². The zero-order valence-corrected chi connectivity index (χ0v) is 14.2. The van der Waals surface area contributed by atoms with E-state index in [-0.39, 0.29) is 5.75 Å². The van der Waals surface area contributed by atoms with Crippen molar-refractivity contribution in [2.75, 3.05) is 5.75 Å². The van der Waals surface area contributed by atoms with Crippen molar-refractivity contribution in [1.29, 1.82) is 0 Å². The summed E-state index contributed by atoms with van der Waals surface area (Å²) in [4.78, 5) is 0. The van der Waals surface area contributed by atoms with E-state index in [1.807, 2.05) is 30.3 Å². The first kappa shape index (κ1) is 17.3. The zero-order valence-electron chi connectivity index (χ0n) is 11.9. The van der Waals surface area contributed by atoms with Gasteiger partial charge in [0.05, 0.1) is 5.75 Å². The van der Waals surface area contributed by atoms with Gasteiger partial charge in [-0.1, -0.05) is 84.7 Å². The predicted molar refractivity (Wildman–Crippen MR) is 90.7 cm³/mol. The summed E-state index contributed by atoms with van der Waals surface area (Å²) < 4.78 is 21.5. The number of aliphatic hydroxyl groups excluding tert-OH is 1.